The van der Waals surface area contributed by atoms with E-state index in [9.17, 15) is 4.79 Å². The molecular weight excluding hydrogens is 256 g/mol. The van der Waals surface area contributed by atoms with Gasteiger partial charge >= 0.3 is 6.03 Å². The molecule has 0 bridgehead atoms. The van der Waals surface area contributed by atoms with Crippen LogP contribution in [0.5, 0.6) is 0 Å². The summed E-state index contributed by atoms with van der Waals surface area (Å²) in [4.78, 5) is 11.9. The Kier molecular flexibility index (Phi) is 6.78. The molecule has 1 aliphatic rings. The van der Waals surface area contributed by atoms with E-state index < -0.39 is 0 Å². The van der Waals surface area contributed by atoms with E-state index in [0.29, 0.717) is 6.04 Å². The fraction of sp³-hybridized carbons (Fsp3) is 0.533. The third kappa shape index (κ3) is 5.15. The van der Waals surface area contributed by atoms with Gasteiger partial charge in [0.1, 0.15) is 0 Å². The molecule has 0 saturated heterocycles. The smallest absolute Gasteiger partial charge is 0.315 e. The molecule has 2 rings (SSSR count). The molecule has 2 amide bonds. The molecule has 1 atom stereocenters. The zero-order valence-corrected chi connectivity index (χ0v) is 12.3. The topological polar surface area (TPSA) is 41.1 Å². The molecule has 1 unspecified atom stereocenters. The SMILES string of the molecule is CC(NC(=O)NC1CCCCC1)c1ccccc1.[SH-]. The lowest BCUT2D eigenvalue weighted by molar-refractivity contribution is 0.229. The summed E-state index contributed by atoms with van der Waals surface area (Å²) >= 11 is 0. The summed E-state index contributed by atoms with van der Waals surface area (Å²) in [6.07, 6.45) is 6.01. The average Bonchev–Trinajstić information content (AvgIpc) is 2.40. The number of benzene rings is 1. The van der Waals surface area contributed by atoms with Crippen LogP contribution in [0.25, 0.3) is 0 Å². The third-order valence-electron chi connectivity index (χ3n) is 3.59. The van der Waals surface area contributed by atoms with Crippen LogP contribution in [-0.4, -0.2) is 12.1 Å². The second kappa shape index (κ2) is 8.10. The minimum Gasteiger partial charge on any atom is -0.813 e. The lowest BCUT2D eigenvalue weighted by Gasteiger charge is -2.24. The van der Waals surface area contributed by atoms with Gasteiger partial charge in [0.25, 0.3) is 0 Å². The predicted octanol–water partition coefficient (Wildman–Crippen LogP) is 3.11. The summed E-state index contributed by atoms with van der Waals surface area (Å²) in [7, 11) is 0. The van der Waals surface area contributed by atoms with Crippen molar-refractivity contribution in [1.29, 1.82) is 0 Å². The summed E-state index contributed by atoms with van der Waals surface area (Å²) in [5.74, 6) is 0. The molecule has 0 heterocycles. The van der Waals surface area contributed by atoms with Crippen LogP contribution in [0.4, 0.5) is 4.79 Å². The van der Waals surface area contributed by atoms with E-state index >= 15 is 0 Å². The molecule has 3 nitrogen and oxygen atoms in total. The number of amides is 2. The van der Waals surface area contributed by atoms with E-state index in [-0.39, 0.29) is 25.6 Å². The monoisotopic (exact) mass is 279 g/mol. The van der Waals surface area contributed by atoms with E-state index in [2.05, 4.69) is 10.6 Å². The van der Waals surface area contributed by atoms with Crippen molar-refractivity contribution in [2.24, 2.45) is 0 Å². The van der Waals surface area contributed by atoms with Crippen LogP contribution in [0.1, 0.15) is 50.6 Å². The molecule has 1 fully saturated rings. The highest BCUT2D eigenvalue weighted by Crippen LogP contribution is 2.17. The highest BCUT2D eigenvalue weighted by atomic mass is 32.1. The lowest BCUT2D eigenvalue weighted by Crippen LogP contribution is -2.43. The van der Waals surface area contributed by atoms with Gasteiger partial charge in [-0.15, -0.1) is 0 Å². The van der Waals surface area contributed by atoms with Gasteiger partial charge in [0.15, 0.2) is 0 Å². The Morgan fingerprint density at radius 3 is 2.42 bits per heavy atom. The fourth-order valence-electron chi connectivity index (χ4n) is 2.50. The van der Waals surface area contributed by atoms with Crippen molar-refractivity contribution < 1.29 is 4.79 Å². The van der Waals surface area contributed by atoms with Gasteiger partial charge < -0.3 is 24.1 Å². The fourth-order valence-corrected chi connectivity index (χ4v) is 2.50. The van der Waals surface area contributed by atoms with Crippen LogP contribution in [0.2, 0.25) is 0 Å². The Balaban J connectivity index is 0.00000180. The van der Waals surface area contributed by atoms with Crippen LogP contribution >= 0.6 is 0 Å². The van der Waals surface area contributed by atoms with Gasteiger partial charge in [-0.05, 0) is 25.3 Å². The van der Waals surface area contributed by atoms with Crippen LogP contribution in [0, 0.1) is 0 Å². The van der Waals surface area contributed by atoms with Gasteiger partial charge in [0.05, 0.1) is 6.04 Å². The van der Waals surface area contributed by atoms with Gasteiger partial charge in [-0.3, -0.25) is 0 Å². The number of nitrogens with one attached hydrogen (secondary N) is 2. The first kappa shape index (κ1) is 15.9. The molecule has 0 radical (unpaired) electrons. The van der Waals surface area contributed by atoms with E-state index in [0.717, 1.165) is 18.4 Å². The van der Waals surface area contributed by atoms with Gasteiger partial charge in [-0.1, -0.05) is 49.6 Å². The van der Waals surface area contributed by atoms with Crippen LogP contribution in [0.15, 0.2) is 30.3 Å². The van der Waals surface area contributed by atoms with Crippen molar-refractivity contribution in [2.45, 2.75) is 51.1 Å². The highest BCUT2D eigenvalue weighted by Gasteiger charge is 2.16. The zero-order valence-electron chi connectivity index (χ0n) is 11.4. The quantitative estimate of drug-likeness (QED) is 0.659. The zero-order chi connectivity index (χ0) is 12.8. The summed E-state index contributed by atoms with van der Waals surface area (Å²) in [5, 5.41) is 6.06. The second-order valence-corrected chi connectivity index (χ2v) is 5.09. The summed E-state index contributed by atoms with van der Waals surface area (Å²) in [5.41, 5.74) is 1.14. The molecule has 19 heavy (non-hydrogen) atoms. The maximum absolute atomic E-state index is 11.9. The maximum Gasteiger partial charge on any atom is 0.315 e. The van der Waals surface area contributed by atoms with Crippen molar-refractivity contribution in [3.05, 3.63) is 35.9 Å². The average molecular weight is 279 g/mol. The number of hydrogen-bond donors (Lipinski definition) is 2. The van der Waals surface area contributed by atoms with Gasteiger partial charge in [0, 0.05) is 6.04 Å². The lowest BCUT2D eigenvalue weighted by atomic mass is 9.96. The van der Waals surface area contributed by atoms with E-state index in [4.69, 9.17) is 0 Å². The normalized spacial score (nSPS) is 17.1. The molecule has 0 spiro atoms. The van der Waals surface area contributed by atoms with Crippen molar-refractivity contribution in [3.8, 4) is 0 Å². The van der Waals surface area contributed by atoms with E-state index in [1.165, 1.54) is 19.3 Å². The number of hydrogen-bond acceptors (Lipinski definition) is 2. The standard InChI is InChI=1S/C15H22N2O.H2S/c1-12(13-8-4-2-5-9-13)16-15(18)17-14-10-6-3-7-11-14;/h2,4-5,8-9,12,14H,3,6-7,10-11H2,1H3,(H2,16,17,18);1H2/p-1. The molecular formula is C15H23N2OS-. The van der Waals surface area contributed by atoms with E-state index in [1.54, 1.807) is 0 Å². The minimum atomic E-state index is -0.0433. The van der Waals surface area contributed by atoms with Gasteiger partial charge in [-0.25, -0.2) is 4.79 Å². The molecule has 2 N–H and O–H groups in total. The molecule has 1 saturated carbocycles. The molecule has 1 aromatic carbocycles. The summed E-state index contributed by atoms with van der Waals surface area (Å²) in [6.45, 7) is 2.01. The number of carbonyl (C=O) groups is 1. The van der Waals surface area contributed by atoms with Crippen LogP contribution in [0.3, 0.4) is 0 Å². The number of carbonyl (C=O) groups excluding carboxylic acids is 1. The Hall–Kier alpha value is -1.16. The van der Waals surface area contributed by atoms with Crippen molar-refractivity contribution in [3.63, 3.8) is 0 Å². The van der Waals surface area contributed by atoms with E-state index in [1.807, 2.05) is 37.3 Å². The second-order valence-electron chi connectivity index (χ2n) is 5.09. The van der Waals surface area contributed by atoms with Gasteiger partial charge in [0.2, 0.25) is 0 Å². The first-order valence-corrected chi connectivity index (χ1v) is 6.87. The first-order valence-electron chi connectivity index (χ1n) is 6.87. The molecule has 1 aliphatic carbocycles. The Bertz CT molecular complexity index is 377. The minimum absolute atomic E-state index is 0. The van der Waals surface area contributed by atoms with Crippen molar-refractivity contribution in [1.82, 2.24) is 10.6 Å². The number of rotatable bonds is 3. The molecule has 106 valence electrons. The summed E-state index contributed by atoms with van der Waals surface area (Å²) < 4.78 is 0. The Labute approximate surface area is 122 Å². The van der Waals surface area contributed by atoms with Gasteiger partial charge in [-0.2, -0.15) is 0 Å². The Morgan fingerprint density at radius 2 is 1.79 bits per heavy atom. The molecule has 0 aromatic heterocycles. The number of urea groups is 1. The van der Waals surface area contributed by atoms with Crippen LogP contribution in [-0.2, 0) is 13.5 Å². The van der Waals surface area contributed by atoms with Crippen molar-refractivity contribution in [2.75, 3.05) is 0 Å². The third-order valence-corrected chi connectivity index (χ3v) is 3.59. The first-order chi connectivity index (χ1) is 8.75. The molecule has 4 heteroatoms. The number of thiol groups is 1. The van der Waals surface area contributed by atoms with Crippen molar-refractivity contribution >= 4 is 19.5 Å². The highest BCUT2D eigenvalue weighted by molar-refractivity contribution is 7.37. The maximum atomic E-state index is 11.9. The molecule has 1 aromatic rings. The largest absolute Gasteiger partial charge is 0.813 e. The summed E-state index contributed by atoms with van der Waals surface area (Å²) in [6, 6.07) is 10.4. The predicted molar refractivity (Wildman–Crippen MR) is 82.2 cm³/mol. The Morgan fingerprint density at radius 1 is 1.16 bits per heavy atom. The molecule has 0 aliphatic heterocycles. The van der Waals surface area contributed by atoms with Crippen LogP contribution < -0.4 is 10.6 Å².